The number of nitrogens with two attached hydrogens (primary N) is 1. The number of nitrogens with zero attached hydrogens (tertiary/aromatic N) is 3. The quantitative estimate of drug-likeness (QED) is 0.788. The smallest absolute Gasteiger partial charge is 0.281 e. The number of anilines is 1. The minimum absolute atomic E-state index is 0.0655. The maximum absolute atomic E-state index is 12.9. The Balaban J connectivity index is 2.01. The molecule has 0 aliphatic rings. The molecule has 3 rings (SSSR count). The summed E-state index contributed by atoms with van der Waals surface area (Å²) in [6, 6.07) is 12.1. The molecule has 0 aliphatic carbocycles. The molecule has 0 unspecified atom stereocenters. The summed E-state index contributed by atoms with van der Waals surface area (Å²) in [7, 11) is 0. The van der Waals surface area contributed by atoms with Gasteiger partial charge in [0.05, 0.1) is 5.02 Å². The number of carbonyl (C=O) groups is 1. The lowest BCUT2D eigenvalue weighted by Crippen LogP contribution is -2.16. The van der Waals surface area contributed by atoms with Crippen LogP contribution in [0.2, 0.25) is 5.02 Å². The highest BCUT2D eigenvalue weighted by atomic mass is 35.5. The van der Waals surface area contributed by atoms with E-state index in [9.17, 15) is 9.18 Å². The average Bonchev–Trinajstić information content (AvgIpc) is 2.89. The first-order valence-corrected chi connectivity index (χ1v) is 6.72. The molecule has 1 heterocycles. The zero-order valence-electron chi connectivity index (χ0n) is 11.2. The molecule has 0 radical (unpaired) electrons. The van der Waals surface area contributed by atoms with Gasteiger partial charge in [0.2, 0.25) is 5.95 Å². The van der Waals surface area contributed by atoms with Crippen LogP contribution in [-0.4, -0.2) is 20.7 Å². The molecule has 5 nitrogen and oxygen atoms in total. The van der Waals surface area contributed by atoms with E-state index in [1.54, 1.807) is 24.3 Å². The summed E-state index contributed by atoms with van der Waals surface area (Å²) in [6.45, 7) is 0. The third kappa shape index (κ3) is 2.56. The zero-order chi connectivity index (χ0) is 15.7. The molecule has 0 fully saturated rings. The van der Waals surface area contributed by atoms with Crippen LogP contribution < -0.4 is 5.73 Å². The van der Waals surface area contributed by atoms with Crippen LogP contribution in [0.15, 0.2) is 48.5 Å². The Kier molecular flexibility index (Phi) is 3.60. The van der Waals surface area contributed by atoms with Gasteiger partial charge in [-0.25, -0.2) is 4.39 Å². The lowest BCUT2D eigenvalue weighted by atomic mass is 10.2. The maximum atomic E-state index is 12.9. The number of rotatable bonds is 2. The van der Waals surface area contributed by atoms with Gasteiger partial charge in [-0.15, -0.1) is 5.10 Å². The van der Waals surface area contributed by atoms with Crippen LogP contribution in [0.25, 0.3) is 11.4 Å². The van der Waals surface area contributed by atoms with Crippen molar-refractivity contribution < 1.29 is 9.18 Å². The van der Waals surface area contributed by atoms with Crippen LogP contribution in [0.5, 0.6) is 0 Å². The summed E-state index contributed by atoms with van der Waals surface area (Å²) in [5.41, 5.74) is 6.57. The Labute approximate surface area is 130 Å². The fourth-order valence-electron chi connectivity index (χ4n) is 1.95. The Morgan fingerprint density at radius 3 is 2.50 bits per heavy atom. The molecule has 2 N–H and O–H groups in total. The van der Waals surface area contributed by atoms with Crippen LogP contribution >= 0.6 is 11.6 Å². The van der Waals surface area contributed by atoms with E-state index in [0.29, 0.717) is 10.6 Å². The number of carbonyl (C=O) groups excluding carboxylic acids is 1. The van der Waals surface area contributed by atoms with E-state index < -0.39 is 11.7 Å². The molecule has 110 valence electrons. The first kappa shape index (κ1) is 14.2. The van der Waals surface area contributed by atoms with Crippen molar-refractivity contribution in [3.8, 4) is 11.4 Å². The SMILES string of the molecule is Nc1nc(-c2ccccc2Cl)nn1C(=O)c1ccc(F)cc1. The van der Waals surface area contributed by atoms with E-state index in [0.717, 1.165) is 4.68 Å². The van der Waals surface area contributed by atoms with E-state index >= 15 is 0 Å². The molecule has 0 atom stereocenters. The summed E-state index contributed by atoms with van der Waals surface area (Å²) in [5.74, 6) is -0.744. The topological polar surface area (TPSA) is 73.8 Å². The first-order chi connectivity index (χ1) is 10.6. The molecule has 22 heavy (non-hydrogen) atoms. The zero-order valence-corrected chi connectivity index (χ0v) is 12.0. The van der Waals surface area contributed by atoms with Gasteiger partial charge >= 0.3 is 0 Å². The normalized spacial score (nSPS) is 10.6. The molecule has 0 bridgehead atoms. The third-order valence-corrected chi connectivity index (χ3v) is 3.36. The van der Waals surface area contributed by atoms with Gasteiger partial charge in [-0.3, -0.25) is 4.79 Å². The van der Waals surface area contributed by atoms with Crippen molar-refractivity contribution >= 4 is 23.5 Å². The van der Waals surface area contributed by atoms with Crippen molar-refractivity contribution in [3.05, 3.63) is 64.9 Å². The summed E-state index contributed by atoms with van der Waals surface area (Å²) < 4.78 is 13.9. The standard InChI is InChI=1S/C15H10ClFN4O/c16-12-4-2-1-3-11(12)13-19-15(18)21(20-13)14(22)9-5-7-10(17)8-6-9/h1-8H,(H2,18,19,20). The third-order valence-electron chi connectivity index (χ3n) is 3.03. The van der Waals surface area contributed by atoms with Gasteiger partial charge in [-0.1, -0.05) is 23.7 Å². The highest BCUT2D eigenvalue weighted by molar-refractivity contribution is 6.33. The Morgan fingerprint density at radius 1 is 1.14 bits per heavy atom. The monoisotopic (exact) mass is 316 g/mol. The van der Waals surface area contributed by atoms with Crippen LogP contribution in [-0.2, 0) is 0 Å². The van der Waals surface area contributed by atoms with Crippen LogP contribution in [0.1, 0.15) is 10.4 Å². The van der Waals surface area contributed by atoms with Crippen LogP contribution in [0, 0.1) is 5.82 Å². The summed E-state index contributed by atoms with van der Waals surface area (Å²) in [4.78, 5) is 16.4. The maximum Gasteiger partial charge on any atom is 0.281 e. The molecule has 1 aromatic heterocycles. The number of hydrogen-bond donors (Lipinski definition) is 1. The Hall–Kier alpha value is -2.73. The highest BCUT2D eigenvalue weighted by Gasteiger charge is 2.17. The van der Waals surface area contributed by atoms with Crippen molar-refractivity contribution in [2.75, 3.05) is 5.73 Å². The summed E-state index contributed by atoms with van der Waals surface area (Å²) >= 11 is 6.08. The van der Waals surface area contributed by atoms with E-state index in [1.165, 1.54) is 24.3 Å². The number of halogens is 2. The second-order valence-electron chi connectivity index (χ2n) is 4.50. The fraction of sp³-hybridized carbons (Fsp3) is 0. The number of nitrogen functional groups attached to an aromatic ring is 1. The fourth-order valence-corrected chi connectivity index (χ4v) is 2.17. The largest absolute Gasteiger partial charge is 0.368 e. The first-order valence-electron chi connectivity index (χ1n) is 6.34. The molecule has 0 aliphatic heterocycles. The summed E-state index contributed by atoms with van der Waals surface area (Å²) in [6.07, 6.45) is 0. The molecule has 7 heteroatoms. The van der Waals surface area contributed by atoms with Crippen molar-refractivity contribution in [2.45, 2.75) is 0 Å². The second-order valence-corrected chi connectivity index (χ2v) is 4.90. The average molecular weight is 317 g/mol. The number of benzene rings is 2. The molecular formula is C15H10ClFN4O. The van der Waals surface area contributed by atoms with Crippen molar-refractivity contribution in [1.82, 2.24) is 14.8 Å². The number of hydrogen-bond acceptors (Lipinski definition) is 4. The predicted molar refractivity (Wildman–Crippen MR) is 81.0 cm³/mol. The Morgan fingerprint density at radius 2 is 1.82 bits per heavy atom. The van der Waals surface area contributed by atoms with Gasteiger partial charge in [-0.2, -0.15) is 9.67 Å². The molecule has 2 aromatic carbocycles. The van der Waals surface area contributed by atoms with Crippen molar-refractivity contribution in [1.29, 1.82) is 0 Å². The molecule has 0 amide bonds. The van der Waals surface area contributed by atoms with Crippen molar-refractivity contribution in [2.24, 2.45) is 0 Å². The van der Waals surface area contributed by atoms with Gasteiger partial charge < -0.3 is 5.73 Å². The minimum atomic E-state index is -0.497. The summed E-state index contributed by atoms with van der Waals surface area (Å²) in [5, 5.41) is 4.55. The molecule has 3 aromatic rings. The molecule has 0 spiro atoms. The van der Waals surface area contributed by atoms with Gasteiger partial charge in [0.1, 0.15) is 5.82 Å². The van der Waals surface area contributed by atoms with Gasteiger partial charge in [-0.05, 0) is 36.4 Å². The van der Waals surface area contributed by atoms with Gasteiger partial charge in [0.25, 0.3) is 5.91 Å². The molecular weight excluding hydrogens is 307 g/mol. The van der Waals surface area contributed by atoms with Gasteiger partial charge in [0.15, 0.2) is 5.82 Å². The highest BCUT2D eigenvalue weighted by Crippen LogP contribution is 2.25. The Bertz CT molecular complexity index is 845. The van der Waals surface area contributed by atoms with E-state index in [2.05, 4.69) is 10.1 Å². The lowest BCUT2D eigenvalue weighted by Gasteiger charge is -2.01. The minimum Gasteiger partial charge on any atom is -0.368 e. The molecule has 0 saturated heterocycles. The molecule has 0 saturated carbocycles. The van der Waals surface area contributed by atoms with E-state index in [1.807, 2.05) is 0 Å². The van der Waals surface area contributed by atoms with E-state index in [-0.39, 0.29) is 17.3 Å². The van der Waals surface area contributed by atoms with Crippen LogP contribution in [0.4, 0.5) is 10.3 Å². The van der Waals surface area contributed by atoms with E-state index in [4.69, 9.17) is 17.3 Å². The van der Waals surface area contributed by atoms with Crippen LogP contribution in [0.3, 0.4) is 0 Å². The second kappa shape index (κ2) is 5.57. The predicted octanol–water partition coefficient (Wildman–Crippen LogP) is 3.01. The number of aromatic nitrogens is 3. The lowest BCUT2D eigenvalue weighted by molar-refractivity contribution is 0.0948. The van der Waals surface area contributed by atoms with Crippen molar-refractivity contribution in [3.63, 3.8) is 0 Å². The van der Waals surface area contributed by atoms with Gasteiger partial charge in [0, 0.05) is 11.1 Å².